The number of carbonyl (C=O) groups excluding carboxylic acids is 5. The van der Waals surface area contributed by atoms with Crippen LogP contribution in [0, 0.1) is 0 Å². The standard InChI is InChI=1S/2C16H16N2O.C16H13NO2.C15H14N2O2.4CH4/c2*1-11-10-12-6-2-4-8-14(12)18(16(17)19)15-9-5-3-7-13(11)15;1-11(18)17-14-8-4-2-6-12(14)10-16(19)13-7-3-5-9-15(13)17;16-15(19)17-12-7-3-1-5-10(12)9-14(18)11-6-2-4-8-13(11)17;;;;/h2*2-9,11H,10H2,1H3,(H2,17,19);2-9H,10H2,1H3;1-8,14,18H,9H2,(H2,16,19);4*1H4/t2*11-;;;;;;/m10....../s1. The maximum absolute atomic E-state index is 12.3. The largest absolute Gasteiger partial charge is 0.388 e. The number of aliphatic hydroxyl groups is 1. The zero-order valence-electron chi connectivity index (χ0n) is 42.5. The molecule has 0 spiro atoms. The third-order valence-corrected chi connectivity index (χ3v) is 14.1. The van der Waals surface area contributed by atoms with Gasteiger partial charge in [0.1, 0.15) is 0 Å². The number of para-hydroxylation sites is 8. The summed E-state index contributed by atoms with van der Waals surface area (Å²) in [5.41, 5.74) is 30.9. The first kappa shape index (κ1) is 61.5. The SMILES string of the molecule is C.C.C.C.CC(=O)N1c2ccccc2CC(=O)c2ccccc21.C[C@@H]1Cc2ccccc2N(C(N)=O)c2ccccc21.C[C@H]1Cc2ccccc2N(C(N)=O)c2ccccc21.NC(=O)N1c2ccccc2CC(O)c2ccccc21. The summed E-state index contributed by atoms with van der Waals surface area (Å²) in [6.07, 6.45) is 1.99. The van der Waals surface area contributed by atoms with Crippen LogP contribution in [0.15, 0.2) is 194 Å². The summed E-state index contributed by atoms with van der Waals surface area (Å²) < 4.78 is 0. The van der Waals surface area contributed by atoms with E-state index in [2.05, 4.69) is 38.1 Å². The van der Waals surface area contributed by atoms with Crippen LogP contribution in [0.2, 0.25) is 0 Å². The van der Waals surface area contributed by atoms with Gasteiger partial charge < -0.3 is 22.3 Å². The van der Waals surface area contributed by atoms with Gasteiger partial charge in [0.05, 0.1) is 51.6 Å². The Balaban J connectivity index is 0.000000193. The number of nitrogens with zero attached hydrogens (tertiary/aromatic N) is 4. The Morgan fingerprint density at radius 2 is 0.675 bits per heavy atom. The Morgan fingerprint density at radius 3 is 1.06 bits per heavy atom. The number of Topliss-reactive ketones (excluding diaryl/α,β-unsaturated/α-hetero) is 1. The van der Waals surface area contributed by atoms with Crippen molar-refractivity contribution in [3.8, 4) is 0 Å². The van der Waals surface area contributed by atoms with Gasteiger partial charge in [0.2, 0.25) is 5.91 Å². The molecule has 3 atom stereocenters. The Kier molecular flexibility index (Phi) is 20.6. The number of ketones is 1. The van der Waals surface area contributed by atoms with Crippen LogP contribution in [0.1, 0.15) is 118 Å². The van der Waals surface area contributed by atoms with Crippen LogP contribution in [0.3, 0.4) is 0 Å². The van der Waals surface area contributed by atoms with Crippen LogP contribution in [0.25, 0.3) is 0 Å². The van der Waals surface area contributed by atoms with Crippen molar-refractivity contribution in [2.75, 3.05) is 19.6 Å². The van der Waals surface area contributed by atoms with Crippen molar-refractivity contribution in [1.82, 2.24) is 0 Å². The van der Waals surface area contributed by atoms with E-state index < -0.39 is 24.2 Å². The van der Waals surface area contributed by atoms with E-state index in [9.17, 15) is 29.1 Å². The van der Waals surface area contributed by atoms with E-state index in [0.717, 1.165) is 85.9 Å². The number of anilines is 8. The fourth-order valence-corrected chi connectivity index (χ4v) is 10.7. The minimum absolute atomic E-state index is 0. The summed E-state index contributed by atoms with van der Waals surface area (Å²) in [6, 6.07) is 60.0. The summed E-state index contributed by atoms with van der Waals surface area (Å²) in [4.78, 5) is 66.2. The average molecular weight is 1070 g/mol. The summed E-state index contributed by atoms with van der Waals surface area (Å²) in [5, 5.41) is 10.3. The number of carbonyl (C=O) groups is 5. The molecule has 0 radical (unpaired) electrons. The third-order valence-electron chi connectivity index (χ3n) is 14.1. The van der Waals surface area contributed by atoms with E-state index in [1.54, 1.807) is 26.8 Å². The molecule has 4 heterocycles. The first-order valence-electron chi connectivity index (χ1n) is 25.2. The monoisotopic (exact) mass is 1070 g/mol. The van der Waals surface area contributed by atoms with Gasteiger partial charge in [-0.1, -0.05) is 183 Å². The molecule has 80 heavy (non-hydrogen) atoms. The van der Waals surface area contributed by atoms with Gasteiger partial charge in [-0.2, -0.15) is 0 Å². The highest BCUT2D eigenvalue weighted by Crippen LogP contribution is 2.43. The smallest absolute Gasteiger partial charge is 0.323 e. The van der Waals surface area contributed by atoms with Crippen LogP contribution in [-0.4, -0.2) is 34.9 Å². The van der Waals surface area contributed by atoms with Crippen LogP contribution in [-0.2, 0) is 30.5 Å². The van der Waals surface area contributed by atoms with E-state index in [1.165, 1.54) is 11.8 Å². The molecule has 1 unspecified atom stereocenters. The van der Waals surface area contributed by atoms with Gasteiger partial charge in [0, 0.05) is 30.9 Å². The fraction of sp³-hybridized carbons (Fsp3) is 0.209. The van der Waals surface area contributed by atoms with E-state index in [0.29, 0.717) is 41.6 Å². The number of primary amides is 3. The number of amides is 7. The molecule has 4 aliphatic heterocycles. The average Bonchev–Trinajstić information content (AvgIpc) is 3.77. The highest BCUT2D eigenvalue weighted by Gasteiger charge is 2.31. The number of urea groups is 3. The zero-order chi connectivity index (χ0) is 53.6. The van der Waals surface area contributed by atoms with E-state index >= 15 is 0 Å². The highest BCUT2D eigenvalue weighted by atomic mass is 16.3. The van der Waals surface area contributed by atoms with Gasteiger partial charge in [0.15, 0.2) is 5.78 Å². The Bertz CT molecular complexity index is 3240. The second kappa shape index (κ2) is 26.8. The predicted molar refractivity (Wildman–Crippen MR) is 327 cm³/mol. The molecule has 7 amide bonds. The molecule has 7 N–H and O–H groups in total. The molecule has 0 aromatic heterocycles. The maximum Gasteiger partial charge on any atom is 0.323 e. The van der Waals surface area contributed by atoms with Crippen molar-refractivity contribution < 1.29 is 29.1 Å². The first-order chi connectivity index (χ1) is 36.7. The van der Waals surface area contributed by atoms with Crippen molar-refractivity contribution in [1.29, 1.82) is 0 Å². The number of hydrogen-bond donors (Lipinski definition) is 4. The molecule has 4 aliphatic rings. The maximum atomic E-state index is 12.3. The first-order valence-corrected chi connectivity index (χ1v) is 25.2. The third kappa shape index (κ3) is 12.5. The van der Waals surface area contributed by atoms with Crippen LogP contribution < -0.4 is 36.8 Å². The normalized spacial score (nSPS) is 15.6. The van der Waals surface area contributed by atoms with E-state index in [-0.39, 0.29) is 41.4 Å². The number of benzene rings is 8. The number of nitrogens with two attached hydrogens (primary N) is 3. The summed E-state index contributed by atoms with van der Waals surface area (Å²) >= 11 is 0. The summed E-state index contributed by atoms with van der Waals surface area (Å²) in [6.45, 7) is 5.88. The lowest BCUT2D eigenvalue weighted by Crippen LogP contribution is -2.32. The molecule has 0 bridgehead atoms. The van der Waals surface area contributed by atoms with Crippen LogP contribution >= 0.6 is 0 Å². The van der Waals surface area contributed by atoms with E-state index in [4.69, 9.17) is 17.2 Å². The van der Waals surface area contributed by atoms with Crippen LogP contribution in [0.4, 0.5) is 59.9 Å². The van der Waals surface area contributed by atoms with Gasteiger partial charge in [-0.05, 0) is 113 Å². The second-order valence-electron chi connectivity index (χ2n) is 19.1. The van der Waals surface area contributed by atoms with Gasteiger partial charge in [0.25, 0.3) is 0 Å². The fourth-order valence-electron chi connectivity index (χ4n) is 10.7. The van der Waals surface area contributed by atoms with Crippen molar-refractivity contribution in [2.24, 2.45) is 17.2 Å². The van der Waals surface area contributed by atoms with Gasteiger partial charge >= 0.3 is 18.1 Å². The molecular formula is C67H75N7O6. The molecule has 8 aromatic carbocycles. The summed E-state index contributed by atoms with van der Waals surface area (Å²) in [5.74, 6) is 0.685. The van der Waals surface area contributed by atoms with Crippen molar-refractivity contribution in [3.05, 3.63) is 239 Å². The van der Waals surface area contributed by atoms with Crippen molar-refractivity contribution in [2.45, 2.75) is 94.1 Å². The molecule has 13 heteroatoms. The Morgan fingerprint density at radius 1 is 0.388 bits per heavy atom. The van der Waals surface area contributed by atoms with E-state index in [1.807, 2.05) is 158 Å². The Hall–Kier alpha value is -9.33. The molecular weight excluding hydrogens is 999 g/mol. The molecule has 0 aliphatic carbocycles. The van der Waals surface area contributed by atoms with Crippen molar-refractivity contribution in [3.63, 3.8) is 0 Å². The van der Waals surface area contributed by atoms with Crippen molar-refractivity contribution >= 4 is 75.3 Å². The van der Waals surface area contributed by atoms with Gasteiger partial charge in [-0.3, -0.25) is 29.2 Å². The number of rotatable bonds is 0. The lowest BCUT2D eigenvalue weighted by atomic mass is 9.94. The topological polar surface area (TPSA) is 197 Å². The quantitative estimate of drug-likeness (QED) is 0.117. The van der Waals surface area contributed by atoms with Gasteiger partial charge in [-0.25, -0.2) is 14.4 Å². The summed E-state index contributed by atoms with van der Waals surface area (Å²) in [7, 11) is 0. The Labute approximate surface area is 471 Å². The highest BCUT2D eigenvalue weighted by molar-refractivity contribution is 6.12. The predicted octanol–water partition coefficient (Wildman–Crippen LogP) is 15.3. The molecule has 12 rings (SSSR count). The molecule has 0 saturated carbocycles. The second-order valence-corrected chi connectivity index (χ2v) is 19.1. The molecule has 8 aromatic rings. The minimum atomic E-state index is -0.637. The number of fused-ring (bicyclic) bond motifs is 8. The molecule has 13 nitrogen and oxygen atoms in total. The van der Waals surface area contributed by atoms with Crippen LogP contribution in [0.5, 0.6) is 0 Å². The number of hydrogen-bond acceptors (Lipinski definition) is 6. The zero-order valence-corrected chi connectivity index (χ0v) is 42.5. The molecule has 414 valence electrons. The number of aliphatic hydroxyl groups excluding tert-OH is 1. The lowest BCUT2D eigenvalue weighted by Gasteiger charge is -2.22. The molecule has 0 fully saturated rings. The minimum Gasteiger partial charge on any atom is -0.388 e. The van der Waals surface area contributed by atoms with Gasteiger partial charge in [-0.15, -0.1) is 0 Å². The molecule has 0 saturated heterocycles. The lowest BCUT2D eigenvalue weighted by molar-refractivity contribution is -0.115.